The Morgan fingerprint density at radius 1 is 0.931 bits per heavy atom. The van der Waals surface area contributed by atoms with Crippen LogP contribution >= 0.6 is 15.9 Å². The second-order valence-electron chi connectivity index (χ2n) is 6.66. The normalized spacial score (nSPS) is 15.4. The minimum atomic E-state index is -3.57. The first-order valence-electron chi connectivity index (χ1n) is 9.10. The molecule has 29 heavy (non-hydrogen) atoms. The Labute approximate surface area is 177 Å². The van der Waals surface area contributed by atoms with Crippen LogP contribution in [0, 0.1) is 0 Å². The summed E-state index contributed by atoms with van der Waals surface area (Å²) >= 11 is 3.31. The number of halogens is 1. The molecule has 150 valence electrons. The minimum absolute atomic E-state index is 0.145. The number of hydrogen-bond donors (Lipinski definition) is 0. The average Bonchev–Trinajstić information content (AvgIpc) is 3.24. The zero-order valence-corrected chi connectivity index (χ0v) is 17.9. The standard InChI is InChI=1S/C20H19BrN4O3S/c21-17-6-8-19(9-7-17)29(27,28)24-12-10-23(11-13-24)20(26)16-14-22-25(15-16)18-4-2-1-3-5-18/h1-9,14-15H,10-13H2. The summed E-state index contributed by atoms with van der Waals surface area (Å²) in [5, 5.41) is 4.26. The molecule has 0 aliphatic carbocycles. The lowest BCUT2D eigenvalue weighted by Gasteiger charge is -2.33. The SMILES string of the molecule is O=C(c1cnn(-c2ccccc2)c1)N1CCN(S(=O)(=O)c2ccc(Br)cc2)CC1. The lowest BCUT2D eigenvalue weighted by molar-refractivity contribution is 0.0698. The van der Waals surface area contributed by atoms with Crippen LogP contribution < -0.4 is 0 Å². The summed E-state index contributed by atoms with van der Waals surface area (Å²) in [5.74, 6) is -0.145. The maximum Gasteiger partial charge on any atom is 0.257 e. The molecule has 2 aromatic carbocycles. The Morgan fingerprint density at radius 3 is 2.24 bits per heavy atom. The van der Waals surface area contributed by atoms with Gasteiger partial charge in [0.05, 0.1) is 22.3 Å². The fourth-order valence-corrected chi connectivity index (χ4v) is 4.91. The van der Waals surface area contributed by atoms with Crippen molar-refractivity contribution in [3.05, 3.63) is 77.0 Å². The van der Waals surface area contributed by atoms with Gasteiger partial charge in [-0.1, -0.05) is 34.1 Å². The second-order valence-corrected chi connectivity index (χ2v) is 9.51. The Morgan fingerprint density at radius 2 is 1.59 bits per heavy atom. The van der Waals surface area contributed by atoms with Gasteiger partial charge in [-0.05, 0) is 36.4 Å². The molecule has 1 aliphatic heterocycles. The van der Waals surface area contributed by atoms with Crippen molar-refractivity contribution in [2.75, 3.05) is 26.2 Å². The summed E-state index contributed by atoms with van der Waals surface area (Å²) in [6, 6.07) is 16.1. The molecule has 0 spiro atoms. The van der Waals surface area contributed by atoms with E-state index in [1.54, 1.807) is 46.2 Å². The molecule has 3 aromatic rings. The first kappa shape index (κ1) is 19.8. The molecular weight excluding hydrogens is 456 g/mol. The van der Waals surface area contributed by atoms with Gasteiger partial charge in [0.15, 0.2) is 0 Å². The van der Waals surface area contributed by atoms with Gasteiger partial charge in [-0.15, -0.1) is 0 Å². The first-order chi connectivity index (χ1) is 13.9. The van der Waals surface area contributed by atoms with Crippen molar-refractivity contribution in [2.24, 2.45) is 0 Å². The Hall–Kier alpha value is -2.49. The number of hydrogen-bond acceptors (Lipinski definition) is 4. The zero-order chi connectivity index (χ0) is 20.4. The summed E-state index contributed by atoms with van der Waals surface area (Å²) < 4.78 is 29.5. The Bertz CT molecular complexity index is 1110. The second kappa shape index (κ2) is 8.10. The number of sulfonamides is 1. The maximum absolute atomic E-state index is 12.8. The number of rotatable bonds is 4. The van der Waals surface area contributed by atoms with Crippen molar-refractivity contribution in [1.29, 1.82) is 0 Å². The van der Waals surface area contributed by atoms with Crippen molar-refractivity contribution in [3.63, 3.8) is 0 Å². The monoisotopic (exact) mass is 474 g/mol. The third kappa shape index (κ3) is 4.12. The van der Waals surface area contributed by atoms with E-state index in [-0.39, 0.29) is 23.9 Å². The van der Waals surface area contributed by atoms with Crippen molar-refractivity contribution in [2.45, 2.75) is 4.90 Å². The lowest BCUT2D eigenvalue weighted by Crippen LogP contribution is -2.50. The Kier molecular flexibility index (Phi) is 5.53. The van der Waals surface area contributed by atoms with E-state index in [1.165, 1.54) is 4.31 Å². The van der Waals surface area contributed by atoms with E-state index < -0.39 is 10.0 Å². The number of nitrogens with zero attached hydrogens (tertiary/aromatic N) is 4. The number of aromatic nitrogens is 2. The van der Waals surface area contributed by atoms with Crippen LogP contribution in [0.4, 0.5) is 0 Å². The highest BCUT2D eigenvalue weighted by Gasteiger charge is 2.30. The van der Waals surface area contributed by atoms with E-state index in [9.17, 15) is 13.2 Å². The van der Waals surface area contributed by atoms with Crippen LogP contribution in [0.15, 0.2) is 76.4 Å². The molecule has 1 saturated heterocycles. The summed E-state index contributed by atoms with van der Waals surface area (Å²) in [4.78, 5) is 14.7. The third-order valence-electron chi connectivity index (χ3n) is 4.83. The average molecular weight is 475 g/mol. The lowest BCUT2D eigenvalue weighted by atomic mass is 10.2. The topological polar surface area (TPSA) is 75.5 Å². The van der Waals surface area contributed by atoms with Crippen LogP contribution in [0.1, 0.15) is 10.4 Å². The molecule has 1 aliphatic rings. The number of para-hydroxylation sites is 1. The van der Waals surface area contributed by atoms with Crippen molar-refractivity contribution in [3.8, 4) is 5.69 Å². The van der Waals surface area contributed by atoms with E-state index >= 15 is 0 Å². The van der Waals surface area contributed by atoms with Gasteiger partial charge in [-0.2, -0.15) is 9.40 Å². The van der Waals surface area contributed by atoms with Crippen LogP contribution in [0.3, 0.4) is 0 Å². The number of carbonyl (C=O) groups is 1. The molecule has 0 bridgehead atoms. The highest BCUT2D eigenvalue weighted by Crippen LogP contribution is 2.21. The van der Waals surface area contributed by atoms with E-state index in [4.69, 9.17) is 0 Å². The van der Waals surface area contributed by atoms with Crippen LogP contribution in [-0.4, -0.2) is 59.5 Å². The van der Waals surface area contributed by atoms with Crippen LogP contribution in [0.2, 0.25) is 0 Å². The smallest absolute Gasteiger partial charge is 0.257 e. The molecule has 0 unspecified atom stereocenters. The molecule has 9 heteroatoms. The van der Waals surface area contributed by atoms with E-state index in [1.807, 2.05) is 30.3 Å². The quantitative estimate of drug-likeness (QED) is 0.582. The third-order valence-corrected chi connectivity index (χ3v) is 7.27. The largest absolute Gasteiger partial charge is 0.336 e. The van der Waals surface area contributed by atoms with E-state index in [0.29, 0.717) is 18.7 Å². The highest BCUT2D eigenvalue weighted by atomic mass is 79.9. The van der Waals surface area contributed by atoms with Gasteiger partial charge in [-0.3, -0.25) is 4.79 Å². The van der Waals surface area contributed by atoms with Crippen molar-refractivity contribution < 1.29 is 13.2 Å². The molecule has 4 rings (SSSR count). The molecule has 0 radical (unpaired) electrons. The number of benzene rings is 2. The molecule has 1 amide bonds. The van der Waals surface area contributed by atoms with Crippen LogP contribution in [-0.2, 0) is 10.0 Å². The number of carbonyl (C=O) groups excluding carboxylic acids is 1. The molecular formula is C20H19BrN4O3S. The van der Waals surface area contributed by atoms with Gasteiger partial charge < -0.3 is 4.90 Å². The highest BCUT2D eigenvalue weighted by molar-refractivity contribution is 9.10. The van der Waals surface area contributed by atoms with E-state index in [0.717, 1.165) is 10.2 Å². The van der Waals surface area contributed by atoms with Gasteiger partial charge in [-0.25, -0.2) is 13.1 Å². The Balaban J connectivity index is 1.42. The molecule has 2 heterocycles. The summed E-state index contributed by atoms with van der Waals surface area (Å²) in [5.41, 5.74) is 1.36. The summed E-state index contributed by atoms with van der Waals surface area (Å²) in [6.07, 6.45) is 3.24. The summed E-state index contributed by atoms with van der Waals surface area (Å²) in [6.45, 7) is 1.20. The van der Waals surface area contributed by atoms with Gasteiger partial charge >= 0.3 is 0 Å². The molecule has 1 fully saturated rings. The van der Waals surface area contributed by atoms with Crippen LogP contribution in [0.5, 0.6) is 0 Å². The fourth-order valence-electron chi connectivity index (χ4n) is 3.22. The van der Waals surface area contributed by atoms with Crippen molar-refractivity contribution in [1.82, 2.24) is 19.0 Å². The molecule has 7 nitrogen and oxygen atoms in total. The van der Waals surface area contributed by atoms with Crippen LogP contribution in [0.25, 0.3) is 5.69 Å². The predicted molar refractivity (Wildman–Crippen MR) is 112 cm³/mol. The van der Waals surface area contributed by atoms with Gasteiger partial charge in [0, 0.05) is 36.8 Å². The molecule has 0 saturated carbocycles. The maximum atomic E-state index is 12.8. The van der Waals surface area contributed by atoms with E-state index in [2.05, 4.69) is 21.0 Å². The predicted octanol–water partition coefficient (Wildman–Crippen LogP) is 2.78. The molecule has 0 N–H and O–H groups in total. The number of amides is 1. The first-order valence-corrected chi connectivity index (χ1v) is 11.3. The van der Waals surface area contributed by atoms with Crippen molar-refractivity contribution >= 4 is 31.9 Å². The molecule has 1 aromatic heterocycles. The molecule has 0 atom stereocenters. The number of piperazine rings is 1. The zero-order valence-electron chi connectivity index (χ0n) is 15.5. The fraction of sp³-hybridized carbons (Fsp3) is 0.200. The minimum Gasteiger partial charge on any atom is -0.336 e. The van der Waals surface area contributed by atoms with Gasteiger partial charge in [0.25, 0.3) is 5.91 Å². The summed E-state index contributed by atoms with van der Waals surface area (Å²) in [7, 11) is -3.57. The van der Waals surface area contributed by atoms with Gasteiger partial charge in [0.1, 0.15) is 0 Å². The van der Waals surface area contributed by atoms with Gasteiger partial charge in [0.2, 0.25) is 10.0 Å².